The molecular weight excluding hydrogens is 270 g/mol. The Bertz CT molecular complexity index is 692. The maximum absolute atomic E-state index is 11.4. The Labute approximate surface area is 122 Å². The number of hydrogen-bond donors (Lipinski definition) is 1. The quantitative estimate of drug-likeness (QED) is 0.670. The molecule has 2 aromatic heterocycles. The van der Waals surface area contributed by atoms with Gasteiger partial charge in [-0.25, -0.2) is 4.52 Å². The summed E-state index contributed by atoms with van der Waals surface area (Å²) < 4.78 is 1.75. The van der Waals surface area contributed by atoms with Crippen molar-refractivity contribution in [1.29, 1.82) is 0 Å². The van der Waals surface area contributed by atoms with Gasteiger partial charge in [0.05, 0.1) is 4.92 Å². The van der Waals surface area contributed by atoms with E-state index in [1.807, 2.05) is 31.1 Å². The van der Waals surface area contributed by atoms with E-state index in [1.54, 1.807) is 4.52 Å². The normalized spacial score (nSPS) is 13.9. The molecule has 2 aromatic rings. The first-order valence-corrected chi connectivity index (χ1v) is 7.14. The van der Waals surface area contributed by atoms with Crippen LogP contribution in [-0.2, 0) is 12.8 Å². The summed E-state index contributed by atoms with van der Waals surface area (Å²) in [5.74, 6) is 0.363. The van der Waals surface area contributed by atoms with Crippen molar-refractivity contribution in [3.05, 3.63) is 33.5 Å². The topological polar surface area (TPSA) is 75.7 Å². The fourth-order valence-electron chi connectivity index (χ4n) is 2.83. The molecule has 0 aromatic carbocycles. The number of anilines is 1. The lowest BCUT2D eigenvalue weighted by molar-refractivity contribution is -0.382. The molecule has 0 aliphatic heterocycles. The number of hydrogen-bond acceptors (Lipinski definition) is 5. The fraction of sp³-hybridized carbons (Fsp3) is 0.500. The SMILES string of the molecule is CN(C)CCNc1nn2c3c(ccc2c1[N+](=O)[O-])CCC3. The molecule has 1 aliphatic carbocycles. The van der Waals surface area contributed by atoms with Crippen molar-refractivity contribution in [1.82, 2.24) is 14.5 Å². The molecule has 7 heteroatoms. The molecule has 0 saturated carbocycles. The van der Waals surface area contributed by atoms with Gasteiger partial charge in [0.15, 0.2) is 0 Å². The van der Waals surface area contributed by atoms with Crippen molar-refractivity contribution in [2.75, 3.05) is 32.5 Å². The van der Waals surface area contributed by atoms with E-state index in [2.05, 4.69) is 10.4 Å². The second-order valence-electron chi connectivity index (χ2n) is 5.64. The summed E-state index contributed by atoms with van der Waals surface area (Å²) >= 11 is 0. The van der Waals surface area contributed by atoms with Crippen molar-refractivity contribution >= 4 is 17.0 Å². The van der Waals surface area contributed by atoms with Crippen LogP contribution in [0.25, 0.3) is 5.52 Å². The predicted octanol–water partition coefficient (Wildman–Crippen LogP) is 1.70. The number of nitrogens with zero attached hydrogens (tertiary/aromatic N) is 4. The zero-order chi connectivity index (χ0) is 15.0. The summed E-state index contributed by atoms with van der Waals surface area (Å²) in [5.41, 5.74) is 3.01. The summed E-state index contributed by atoms with van der Waals surface area (Å²) in [6, 6.07) is 3.81. The van der Waals surface area contributed by atoms with E-state index < -0.39 is 0 Å². The molecule has 0 saturated heterocycles. The van der Waals surface area contributed by atoms with E-state index >= 15 is 0 Å². The van der Waals surface area contributed by atoms with Crippen LogP contribution < -0.4 is 5.32 Å². The standard InChI is InChI=1S/C14H19N5O2/c1-17(2)9-8-15-14-13(19(20)21)12-7-6-10-4-3-5-11(10)18(12)16-14/h6-7H,3-5,8-9H2,1-2H3,(H,15,16). The minimum absolute atomic E-state index is 0.0726. The van der Waals surface area contributed by atoms with E-state index in [0.717, 1.165) is 31.5 Å². The first-order valence-electron chi connectivity index (χ1n) is 7.14. The number of fused-ring (bicyclic) bond motifs is 3. The molecule has 1 N–H and O–H groups in total. The van der Waals surface area contributed by atoms with Gasteiger partial charge in [-0.1, -0.05) is 6.07 Å². The molecule has 0 fully saturated rings. The van der Waals surface area contributed by atoms with Gasteiger partial charge in [0.1, 0.15) is 5.52 Å². The second-order valence-corrected chi connectivity index (χ2v) is 5.64. The minimum atomic E-state index is -0.346. The fourth-order valence-corrected chi connectivity index (χ4v) is 2.83. The van der Waals surface area contributed by atoms with Gasteiger partial charge in [0.2, 0.25) is 5.82 Å². The summed E-state index contributed by atoms with van der Waals surface area (Å²) in [6.07, 6.45) is 3.05. The number of likely N-dealkylation sites (N-methyl/N-ethyl adjacent to an activating group) is 1. The molecule has 1 aliphatic rings. The van der Waals surface area contributed by atoms with E-state index in [1.165, 1.54) is 5.56 Å². The van der Waals surface area contributed by atoms with Gasteiger partial charge in [-0.05, 0) is 45.0 Å². The van der Waals surface area contributed by atoms with Crippen LogP contribution in [0, 0.1) is 10.1 Å². The largest absolute Gasteiger partial charge is 0.362 e. The van der Waals surface area contributed by atoms with Crippen molar-refractivity contribution < 1.29 is 4.92 Å². The van der Waals surface area contributed by atoms with Crippen LogP contribution in [0.15, 0.2) is 12.1 Å². The maximum Gasteiger partial charge on any atom is 0.338 e. The Balaban J connectivity index is 2.03. The molecule has 3 rings (SSSR count). The van der Waals surface area contributed by atoms with Gasteiger partial charge in [-0.3, -0.25) is 10.1 Å². The lowest BCUT2D eigenvalue weighted by Gasteiger charge is -2.09. The molecule has 0 unspecified atom stereocenters. The molecule has 0 spiro atoms. The highest BCUT2D eigenvalue weighted by Gasteiger charge is 2.26. The van der Waals surface area contributed by atoms with E-state index in [0.29, 0.717) is 17.9 Å². The van der Waals surface area contributed by atoms with Crippen molar-refractivity contribution in [2.24, 2.45) is 0 Å². The van der Waals surface area contributed by atoms with Crippen LogP contribution in [0.5, 0.6) is 0 Å². The highest BCUT2D eigenvalue weighted by atomic mass is 16.6. The molecule has 0 amide bonds. The highest BCUT2D eigenvalue weighted by molar-refractivity contribution is 5.77. The molecule has 0 atom stereocenters. The van der Waals surface area contributed by atoms with Crippen LogP contribution in [0.4, 0.5) is 11.5 Å². The highest BCUT2D eigenvalue weighted by Crippen LogP contribution is 2.32. The Morgan fingerprint density at radius 2 is 2.24 bits per heavy atom. The molecular formula is C14H19N5O2. The Morgan fingerprint density at radius 3 is 2.95 bits per heavy atom. The van der Waals surface area contributed by atoms with Crippen LogP contribution in [0.3, 0.4) is 0 Å². The summed E-state index contributed by atoms with van der Waals surface area (Å²) in [4.78, 5) is 13.1. The average Bonchev–Trinajstić information content (AvgIpc) is 3.00. The van der Waals surface area contributed by atoms with E-state index in [9.17, 15) is 10.1 Å². The van der Waals surface area contributed by atoms with Gasteiger partial charge in [-0.2, -0.15) is 0 Å². The smallest absolute Gasteiger partial charge is 0.338 e. The van der Waals surface area contributed by atoms with Crippen LogP contribution in [0.2, 0.25) is 0 Å². The zero-order valence-electron chi connectivity index (χ0n) is 12.3. The molecule has 7 nitrogen and oxygen atoms in total. The first kappa shape index (κ1) is 13.8. The Hall–Kier alpha value is -2.15. The third-order valence-corrected chi connectivity index (χ3v) is 3.86. The van der Waals surface area contributed by atoms with Gasteiger partial charge in [0, 0.05) is 18.8 Å². The predicted molar refractivity (Wildman–Crippen MR) is 80.9 cm³/mol. The summed E-state index contributed by atoms with van der Waals surface area (Å²) in [7, 11) is 3.93. The van der Waals surface area contributed by atoms with Gasteiger partial charge in [0.25, 0.3) is 0 Å². The average molecular weight is 289 g/mol. The van der Waals surface area contributed by atoms with E-state index in [-0.39, 0.29) is 10.6 Å². The number of rotatable bonds is 5. The first-order chi connectivity index (χ1) is 10.1. The molecule has 0 bridgehead atoms. The van der Waals surface area contributed by atoms with Crippen LogP contribution >= 0.6 is 0 Å². The Morgan fingerprint density at radius 1 is 1.43 bits per heavy atom. The lowest BCUT2D eigenvalue weighted by atomic mass is 10.2. The number of nitro groups is 1. The third kappa shape index (κ3) is 2.44. The van der Waals surface area contributed by atoms with Gasteiger partial charge >= 0.3 is 5.69 Å². The number of aromatic nitrogens is 2. The van der Waals surface area contributed by atoms with Crippen molar-refractivity contribution in [2.45, 2.75) is 19.3 Å². The summed E-state index contributed by atoms with van der Waals surface area (Å²) in [6.45, 7) is 1.42. The zero-order valence-corrected chi connectivity index (χ0v) is 12.3. The summed E-state index contributed by atoms with van der Waals surface area (Å²) in [5, 5.41) is 18.9. The van der Waals surface area contributed by atoms with Crippen molar-refractivity contribution in [3.8, 4) is 0 Å². The van der Waals surface area contributed by atoms with Crippen LogP contribution in [0.1, 0.15) is 17.7 Å². The molecule has 0 radical (unpaired) electrons. The number of pyridine rings is 1. The number of nitrogens with one attached hydrogen (secondary N) is 1. The Kier molecular flexibility index (Phi) is 3.50. The second kappa shape index (κ2) is 5.33. The van der Waals surface area contributed by atoms with Gasteiger partial charge in [-0.15, -0.1) is 5.10 Å². The maximum atomic E-state index is 11.4. The number of aryl methyl sites for hydroxylation is 2. The molecule has 112 valence electrons. The van der Waals surface area contributed by atoms with Gasteiger partial charge < -0.3 is 10.2 Å². The van der Waals surface area contributed by atoms with Crippen molar-refractivity contribution in [3.63, 3.8) is 0 Å². The minimum Gasteiger partial charge on any atom is -0.362 e. The molecule has 2 heterocycles. The van der Waals surface area contributed by atoms with E-state index in [4.69, 9.17) is 0 Å². The lowest BCUT2D eigenvalue weighted by Crippen LogP contribution is -2.21. The monoisotopic (exact) mass is 289 g/mol. The third-order valence-electron chi connectivity index (χ3n) is 3.86. The van der Waals surface area contributed by atoms with Crippen LogP contribution in [-0.4, -0.2) is 46.6 Å². The molecule has 21 heavy (non-hydrogen) atoms.